The summed E-state index contributed by atoms with van der Waals surface area (Å²) in [6, 6.07) is 8.82. The lowest BCUT2D eigenvalue weighted by atomic mass is 9.91. The summed E-state index contributed by atoms with van der Waals surface area (Å²) in [6.45, 7) is 16.7. The van der Waals surface area contributed by atoms with Crippen molar-refractivity contribution in [1.82, 2.24) is 10.2 Å². The molecular formula is C26H41ClN2O6. The van der Waals surface area contributed by atoms with Crippen molar-refractivity contribution in [3.05, 3.63) is 35.9 Å². The first kappa shape index (κ1) is 30.7. The summed E-state index contributed by atoms with van der Waals surface area (Å²) in [4.78, 5) is 37.1. The second kappa shape index (κ2) is 12.6. The van der Waals surface area contributed by atoms with E-state index in [-0.39, 0.29) is 48.5 Å². The number of hydrogen-bond acceptors (Lipinski definition) is 7. The molecule has 1 aromatic rings. The van der Waals surface area contributed by atoms with Gasteiger partial charge in [-0.1, -0.05) is 44.2 Å². The Kier molecular flexibility index (Phi) is 11.0. The molecule has 0 aliphatic carbocycles. The molecule has 0 bridgehead atoms. The Bertz CT molecular complexity index is 850. The zero-order valence-corrected chi connectivity index (χ0v) is 22.9. The minimum atomic E-state index is -0.563. The number of nitrogens with one attached hydrogen (secondary N) is 1. The van der Waals surface area contributed by atoms with Crippen molar-refractivity contribution in [3.63, 3.8) is 0 Å². The Balaban J connectivity index is 0.000000401. The topological polar surface area (TPSA) is 94.2 Å². The van der Waals surface area contributed by atoms with E-state index in [1.807, 2.05) is 85.7 Å². The maximum atomic E-state index is 12.2. The highest BCUT2D eigenvalue weighted by Gasteiger charge is 2.46. The van der Waals surface area contributed by atoms with E-state index in [0.29, 0.717) is 12.5 Å². The number of amides is 1. The summed E-state index contributed by atoms with van der Waals surface area (Å²) in [6.07, 6.45) is -0.474. The van der Waals surface area contributed by atoms with Crippen molar-refractivity contribution >= 4 is 30.4 Å². The van der Waals surface area contributed by atoms with Gasteiger partial charge in [-0.3, -0.25) is 9.69 Å². The highest BCUT2D eigenvalue weighted by Crippen LogP contribution is 2.28. The number of carbonyl (C=O) groups is 3. The van der Waals surface area contributed by atoms with Crippen molar-refractivity contribution in [2.75, 3.05) is 13.1 Å². The van der Waals surface area contributed by atoms with E-state index in [1.165, 1.54) is 4.90 Å². The number of halogens is 1. The van der Waals surface area contributed by atoms with E-state index in [1.54, 1.807) is 0 Å². The van der Waals surface area contributed by atoms with Gasteiger partial charge in [-0.15, -0.1) is 12.4 Å². The first-order valence-corrected chi connectivity index (χ1v) is 11.8. The van der Waals surface area contributed by atoms with Gasteiger partial charge in [-0.05, 0) is 53.0 Å². The Morgan fingerprint density at radius 3 is 1.89 bits per heavy atom. The number of nitrogens with zero attached hydrogens (tertiary/aromatic N) is 1. The molecule has 2 aliphatic rings. The molecule has 1 aromatic carbocycles. The highest BCUT2D eigenvalue weighted by atomic mass is 35.5. The third kappa shape index (κ3) is 9.68. The third-order valence-electron chi connectivity index (χ3n) is 5.34. The largest absolute Gasteiger partial charge is 0.459 e. The van der Waals surface area contributed by atoms with Crippen LogP contribution in [0.15, 0.2) is 30.3 Å². The molecule has 35 heavy (non-hydrogen) atoms. The van der Waals surface area contributed by atoms with E-state index in [2.05, 4.69) is 5.32 Å². The van der Waals surface area contributed by atoms with Crippen molar-refractivity contribution < 1.29 is 28.6 Å². The van der Waals surface area contributed by atoms with Crippen LogP contribution in [0.3, 0.4) is 0 Å². The van der Waals surface area contributed by atoms with Gasteiger partial charge < -0.3 is 19.5 Å². The first-order valence-electron chi connectivity index (χ1n) is 11.8. The fourth-order valence-corrected chi connectivity index (χ4v) is 3.56. The molecule has 198 valence electrons. The van der Waals surface area contributed by atoms with Crippen molar-refractivity contribution in [2.24, 2.45) is 11.8 Å². The molecule has 2 fully saturated rings. The average molecular weight is 513 g/mol. The molecule has 1 amide bonds. The van der Waals surface area contributed by atoms with E-state index in [0.717, 1.165) is 12.1 Å². The van der Waals surface area contributed by atoms with Crippen LogP contribution in [0.1, 0.15) is 61.0 Å². The average Bonchev–Trinajstić information content (AvgIpc) is 2.67. The van der Waals surface area contributed by atoms with E-state index >= 15 is 0 Å². The molecule has 8 nitrogen and oxygen atoms in total. The standard InChI is InChI=1S/C17H23NO4.C9H17NO2.ClH/c1-12-10-18(14(12)15(19)22-17(2,3)4)16(20)21-11-13-8-6-5-7-9-13;1-6-5-10-7(6)8(11)12-9(2,3)4;/h5-9,12,14H,10-11H2,1-4H3;6-7,10H,5H2,1-4H3;1H/t12-,14?;6-,7?;/m00./s1. The molecule has 4 atom stereocenters. The molecule has 2 heterocycles. The smallest absolute Gasteiger partial charge is 0.410 e. The number of ether oxygens (including phenoxy) is 3. The van der Waals surface area contributed by atoms with Gasteiger partial charge in [0.1, 0.15) is 29.9 Å². The summed E-state index contributed by atoms with van der Waals surface area (Å²) in [7, 11) is 0. The van der Waals surface area contributed by atoms with Crippen LogP contribution in [-0.4, -0.2) is 59.3 Å². The Morgan fingerprint density at radius 1 is 0.914 bits per heavy atom. The van der Waals surface area contributed by atoms with Crippen molar-refractivity contribution in [3.8, 4) is 0 Å². The molecule has 0 radical (unpaired) electrons. The van der Waals surface area contributed by atoms with Crippen LogP contribution in [0.4, 0.5) is 4.79 Å². The van der Waals surface area contributed by atoms with Crippen molar-refractivity contribution in [2.45, 2.75) is 85.3 Å². The van der Waals surface area contributed by atoms with Crippen LogP contribution in [0.2, 0.25) is 0 Å². The maximum Gasteiger partial charge on any atom is 0.410 e. The number of hydrogen-bond donors (Lipinski definition) is 1. The second-order valence-corrected chi connectivity index (χ2v) is 11.0. The summed E-state index contributed by atoms with van der Waals surface area (Å²) in [5.74, 6) is 0.00290. The minimum absolute atomic E-state index is 0. The quantitative estimate of drug-likeness (QED) is 0.473. The third-order valence-corrected chi connectivity index (χ3v) is 5.34. The number of likely N-dealkylation sites (tertiary alicyclic amines) is 1. The molecule has 0 spiro atoms. The summed E-state index contributed by atoms with van der Waals surface area (Å²) in [5, 5.41) is 3.04. The second-order valence-electron chi connectivity index (χ2n) is 11.0. The number of carbonyl (C=O) groups excluding carboxylic acids is 3. The Labute approximate surface area is 215 Å². The van der Waals surface area contributed by atoms with Gasteiger partial charge in [0.15, 0.2) is 0 Å². The first-order chi connectivity index (χ1) is 15.7. The lowest BCUT2D eigenvalue weighted by molar-refractivity contribution is -0.169. The summed E-state index contributed by atoms with van der Waals surface area (Å²) < 4.78 is 15.8. The van der Waals surface area contributed by atoms with Crippen LogP contribution < -0.4 is 5.32 Å². The normalized spacial score (nSPS) is 23.3. The molecule has 0 aromatic heterocycles. The molecule has 0 saturated carbocycles. The van der Waals surface area contributed by atoms with Crippen LogP contribution in [0.25, 0.3) is 0 Å². The fraction of sp³-hybridized carbons (Fsp3) is 0.654. The molecule has 3 rings (SSSR count). The van der Waals surface area contributed by atoms with Crippen LogP contribution in [0.5, 0.6) is 0 Å². The van der Waals surface area contributed by atoms with E-state index in [4.69, 9.17) is 14.2 Å². The lowest BCUT2D eigenvalue weighted by Crippen LogP contribution is -2.62. The fourth-order valence-electron chi connectivity index (χ4n) is 3.56. The van der Waals surface area contributed by atoms with Gasteiger partial charge in [0.05, 0.1) is 0 Å². The van der Waals surface area contributed by atoms with Crippen LogP contribution in [-0.2, 0) is 30.4 Å². The van der Waals surface area contributed by atoms with E-state index in [9.17, 15) is 14.4 Å². The number of benzene rings is 1. The molecule has 9 heteroatoms. The van der Waals surface area contributed by atoms with Gasteiger partial charge in [0, 0.05) is 19.0 Å². The summed E-state index contributed by atoms with van der Waals surface area (Å²) >= 11 is 0. The molecule has 2 aliphatic heterocycles. The predicted octanol–water partition coefficient (Wildman–Crippen LogP) is 4.34. The van der Waals surface area contributed by atoms with Crippen molar-refractivity contribution in [1.29, 1.82) is 0 Å². The SMILES string of the molecule is C[C@H]1CN(C(=O)OCc2ccccc2)C1C(=O)OC(C)(C)C.C[C@H]1CNC1C(=O)OC(C)(C)C.Cl. The molecule has 1 N–H and O–H groups in total. The van der Waals surface area contributed by atoms with Gasteiger partial charge in [-0.25, -0.2) is 9.59 Å². The number of rotatable bonds is 4. The van der Waals surface area contributed by atoms with Gasteiger partial charge >= 0.3 is 18.0 Å². The lowest BCUT2D eigenvalue weighted by Gasteiger charge is -2.44. The molecule has 2 saturated heterocycles. The van der Waals surface area contributed by atoms with Crippen LogP contribution >= 0.6 is 12.4 Å². The molecule has 2 unspecified atom stereocenters. The minimum Gasteiger partial charge on any atom is -0.459 e. The summed E-state index contributed by atoms with van der Waals surface area (Å²) in [5.41, 5.74) is -0.0154. The highest BCUT2D eigenvalue weighted by molar-refractivity contribution is 5.85. The Hall–Kier alpha value is -2.32. The predicted molar refractivity (Wildman–Crippen MR) is 136 cm³/mol. The number of esters is 2. The monoisotopic (exact) mass is 512 g/mol. The zero-order chi connectivity index (χ0) is 25.7. The zero-order valence-electron chi connectivity index (χ0n) is 22.1. The van der Waals surface area contributed by atoms with Crippen LogP contribution in [0, 0.1) is 11.8 Å². The maximum absolute atomic E-state index is 12.2. The van der Waals surface area contributed by atoms with E-state index < -0.39 is 17.7 Å². The van der Waals surface area contributed by atoms with Gasteiger partial charge in [-0.2, -0.15) is 0 Å². The van der Waals surface area contributed by atoms with Gasteiger partial charge in [0.25, 0.3) is 0 Å². The van der Waals surface area contributed by atoms with Gasteiger partial charge in [0.2, 0.25) is 0 Å². The molecular weight excluding hydrogens is 472 g/mol. The Morgan fingerprint density at radius 2 is 1.46 bits per heavy atom.